The summed E-state index contributed by atoms with van der Waals surface area (Å²) in [6.07, 6.45) is 0.819. The molecule has 19 heavy (non-hydrogen) atoms. The molecule has 1 aliphatic heterocycles. The number of fused-ring (bicyclic) bond motifs is 1. The topological polar surface area (TPSA) is 72.6 Å². The molecule has 1 N–H and O–H groups in total. The molecule has 1 aromatic heterocycles. The molecule has 0 amide bonds. The number of rotatable bonds is 2. The first kappa shape index (κ1) is 11.8. The van der Waals surface area contributed by atoms with Crippen molar-refractivity contribution in [3.05, 3.63) is 35.6 Å². The van der Waals surface area contributed by atoms with Crippen LogP contribution in [-0.4, -0.2) is 21.8 Å². The lowest BCUT2D eigenvalue weighted by Crippen LogP contribution is -2.24. The second-order valence-corrected chi connectivity index (χ2v) is 5.21. The van der Waals surface area contributed by atoms with Gasteiger partial charge in [-0.15, -0.1) is 0 Å². The molecule has 0 aliphatic carbocycles. The lowest BCUT2D eigenvalue weighted by atomic mass is 10.00. The maximum atomic E-state index is 10.8. The Morgan fingerprint density at radius 1 is 1.42 bits per heavy atom. The third-order valence-electron chi connectivity index (χ3n) is 3.09. The van der Waals surface area contributed by atoms with E-state index >= 15 is 0 Å². The third kappa shape index (κ3) is 1.97. The number of hydrogen-bond donors (Lipinski definition) is 1. The van der Waals surface area contributed by atoms with Crippen LogP contribution >= 0.6 is 0 Å². The Balaban J connectivity index is 2.07. The van der Waals surface area contributed by atoms with Crippen LogP contribution in [0.25, 0.3) is 11.3 Å². The van der Waals surface area contributed by atoms with Gasteiger partial charge in [-0.3, -0.25) is 0 Å². The number of hydrogen-bond acceptors (Lipinski definition) is 4. The summed E-state index contributed by atoms with van der Waals surface area (Å²) in [5.74, 6) is -0.546. The van der Waals surface area contributed by atoms with Crippen molar-refractivity contribution in [2.24, 2.45) is 0 Å². The predicted molar refractivity (Wildman–Crippen MR) is 67.3 cm³/mol. The van der Waals surface area contributed by atoms with Gasteiger partial charge in [0.2, 0.25) is 5.76 Å². The molecule has 0 saturated heterocycles. The van der Waals surface area contributed by atoms with Crippen LogP contribution in [0.1, 0.15) is 30.0 Å². The Bertz CT molecular complexity index is 657. The average molecular weight is 259 g/mol. The molecule has 5 nitrogen and oxygen atoms in total. The van der Waals surface area contributed by atoms with Gasteiger partial charge in [-0.05, 0) is 25.5 Å². The molecular formula is C14H13NO4. The fourth-order valence-electron chi connectivity index (χ4n) is 2.32. The van der Waals surface area contributed by atoms with E-state index in [4.69, 9.17) is 14.4 Å². The highest BCUT2D eigenvalue weighted by atomic mass is 16.5. The van der Waals surface area contributed by atoms with E-state index in [1.54, 1.807) is 0 Å². The highest BCUT2D eigenvalue weighted by molar-refractivity contribution is 5.86. The highest BCUT2D eigenvalue weighted by Crippen LogP contribution is 2.41. The Kier molecular flexibility index (Phi) is 2.38. The van der Waals surface area contributed by atoms with Gasteiger partial charge in [0.1, 0.15) is 17.0 Å². The second-order valence-electron chi connectivity index (χ2n) is 5.21. The van der Waals surface area contributed by atoms with E-state index in [2.05, 4.69) is 5.16 Å². The summed E-state index contributed by atoms with van der Waals surface area (Å²) in [6, 6.07) is 7.18. The van der Waals surface area contributed by atoms with Crippen molar-refractivity contribution in [3.8, 4) is 17.0 Å². The molecule has 5 heteroatoms. The molecule has 1 aliphatic rings. The van der Waals surface area contributed by atoms with Crippen molar-refractivity contribution in [1.29, 1.82) is 0 Å². The zero-order chi connectivity index (χ0) is 13.6. The minimum atomic E-state index is -1.13. The zero-order valence-corrected chi connectivity index (χ0v) is 10.6. The predicted octanol–water partition coefficient (Wildman–Crippen LogP) is 2.75. The van der Waals surface area contributed by atoms with E-state index in [0.717, 1.165) is 23.3 Å². The summed E-state index contributed by atoms with van der Waals surface area (Å²) >= 11 is 0. The fourth-order valence-corrected chi connectivity index (χ4v) is 2.32. The van der Waals surface area contributed by atoms with Crippen molar-refractivity contribution in [3.63, 3.8) is 0 Å². The smallest absolute Gasteiger partial charge is 0.374 e. The van der Waals surface area contributed by atoms with Crippen LogP contribution in [0.15, 0.2) is 28.8 Å². The van der Waals surface area contributed by atoms with Crippen LogP contribution < -0.4 is 4.74 Å². The van der Waals surface area contributed by atoms with Crippen molar-refractivity contribution >= 4 is 5.97 Å². The molecule has 0 radical (unpaired) electrons. The van der Waals surface area contributed by atoms with E-state index in [-0.39, 0.29) is 11.4 Å². The van der Waals surface area contributed by atoms with Crippen LogP contribution in [0.4, 0.5) is 0 Å². The van der Waals surface area contributed by atoms with Crippen LogP contribution in [0.5, 0.6) is 5.75 Å². The largest absolute Gasteiger partial charge is 0.487 e. The summed E-state index contributed by atoms with van der Waals surface area (Å²) < 4.78 is 10.7. The molecule has 1 aromatic carbocycles. The zero-order valence-electron chi connectivity index (χ0n) is 10.6. The number of para-hydroxylation sites is 1. The van der Waals surface area contributed by atoms with E-state index < -0.39 is 5.97 Å². The number of carbonyl (C=O) groups is 1. The summed E-state index contributed by atoms with van der Waals surface area (Å²) in [4.78, 5) is 10.8. The average Bonchev–Trinajstić information content (AvgIpc) is 2.90. The molecule has 0 saturated carbocycles. The summed E-state index contributed by atoms with van der Waals surface area (Å²) in [6.45, 7) is 4.03. The van der Waals surface area contributed by atoms with Gasteiger partial charge in [0.05, 0.1) is 0 Å². The number of aromatic nitrogens is 1. The quantitative estimate of drug-likeness (QED) is 0.897. The van der Waals surface area contributed by atoms with Gasteiger partial charge in [0.15, 0.2) is 0 Å². The van der Waals surface area contributed by atoms with E-state index in [1.807, 2.05) is 32.0 Å². The van der Waals surface area contributed by atoms with Crippen molar-refractivity contribution < 1.29 is 19.2 Å². The number of carboxylic acid groups (broad SMARTS) is 1. The lowest BCUT2D eigenvalue weighted by Gasteiger charge is -2.17. The first-order valence-electron chi connectivity index (χ1n) is 5.97. The van der Waals surface area contributed by atoms with Gasteiger partial charge < -0.3 is 14.4 Å². The Labute approximate surface area is 109 Å². The maximum Gasteiger partial charge on any atom is 0.374 e. The summed E-state index contributed by atoms with van der Waals surface area (Å²) in [5.41, 5.74) is 2.09. The van der Waals surface area contributed by atoms with Crippen LogP contribution in [0, 0.1) is 0 Å². The number of carboxylic acids is 1. The molecule has 2 heterocycles. The first-order valence-corrected chi connectivity index (χ1v) is 5.97. The van der Waals surface area contributed by atoms with Crippen molar-refractivity contribution in [2.75, 3.05) is 0 Å². The number of benzene rings is 1. The van der Waals surface area contributed by atoms with E-state index in [9.17, 15) is 4.79 Å². The van der Waals surface area contributed by atoms with E-state index in [0.29, 0.717) is 5.69 Å². The molecule has 3 rings (SSSR count). The normalized spacial score (nSPS) is 15.9. The SMILES string of the molecule is CC1(C)Cc2cccc(-c3cc(C(=O)O)on3)c2O1. The Morgan fingerprint density at radius 2 is 2.21 bits per heavy atom. The molecule has 0 atom stereocenters. The molecule has 0 spiro atoms. The second kappa shape index (κ2) is 3.85. The van der Waals surface area contributed by atoms with E-state index in [1.165, 1.54) is 6.07 Å². The monoisotopic (exact) mass is 259 g/mol. The van der Waals surface area contributed by atoms with Crippen molar-refractivity contribution in [2.45, 2.75) is 25.9 Å². The molecule has 0 fully saturated rings. The molecule has 2 aromatic rings. The maximum absolute atomic E-state index is 10.8. The number of ether oxygens (including phenoxy) is 1. The standard InChI is InChI=1S/C14H13NO4/c1-14(2)7-8-4-3-5-9(12(8)18-14)10-6-11(13(16)17)19-15-10/h3-6H,7H2,1-2H3,(H,16,17). The molecule has 0 unspecified atom stereocenters. The first-order chi connectivity index (χ1) is 8.96. The Morgan fingerprint density at radius 3 is 2.89 bits per heavy atom. The minimum absolute atomic E-state index is 0.176. The lowest BCUT2D eigenvalue weighted by molar-refractivity contribution is 0.0652. The van der Waals surface area contributed by atoms with Gasteiger partial charge in [-0.1, -0.05) is 17.3 Å². The van der Waals surface area contributed by atoms with Gasteiger partial charge in [0.25, 0.3) is 0 Å². The fraction of sp³-hybridized carbons (Fsp3) is 0.286. The highest BCUT2D eigenvalue weighted by Gasteiger charge is 2.32. The van der Waals surface area contributed by atoms with Gasteiger partial charge in [0, 0.05) is 18.1 Å². The molecule has 98 valence electrons. The van der Waals surface area contributed by atoms with Gasteiger partial charge >= 0.3 is 5.97 Å². The van der Waals surface area contributed by atoms with Crippen LogP contribution in [0.2, 0.25) is 0 Å². The van der Waals surface area contributed by atoms with Gasteiger partial charge in [-0.2, -0.15) is 0 Å². The minimum Gasteiger partial charge on any atom is -0.487 e. The van der Waals surface area contributed by atoms with Crippen molar-refractivity contribution in [1.82, 2.24) is 5.16 Å². The molecule has 0 bridgehead atoms. The molecular weight excluding hydrogens is 246 g/mol. The summed E-state index contributed by atoms with van der Waals surface area (Å²) in [5, 5.41) is 12.7. The van der Waals surface area contributed by atoms with Crippen LogP contribution in [-0.2, 0) is 6.42 Å². The van der Waals surface area contributed by atoms with Crippen LogP contribution in [0.3, 0.4) is 0 Å². The van der Waals surface area contributed by atoms with Gasteiger partial charge in [-0.25, -0.2) is 4.79 Å². The third-order valence-corrected chi connectivity index (χ3v) is 3.09. The summed E-state index contributed by atoms with van der Waals surface area (Å²) in [7, 11) is 0. The Hall–Kier alpha value is -2.30. The number of nitrogens with zero attached hydrogens (tertiary/aromatic N) is 1. The number of aromatic carboxylic acids is 1.